The number of hydrogen-bond donors (Lipinski definition) is 0. The maximum absolute atomic E-state index is 2.31. The average molecular weight is 1460 g/mol. The van der Waals surface area contributed by atoms with Gasteiger partial charge in [0.15, 0.2) is 0 Å². The molecule has 0 fully saturated rings. The van der Waals surface area contributed by atoms with Crippen LogP contribution in [0.15, 0.2) is 338 Å². The Kier molecular flexibility index (Phi) is 61.4. The molecule has 0 radical (unpaired) electrons. The molecule has 8 heteroatoms. The molecule has 0 amide bonds. The summed E-state index contributed by atoms with van der Waals surface area (Å²) < 4.78 is 0. The first kappa shape index (κ1) is 104. The Morgan fingerprint density at radius 3 is 0.417 bits per heavy atom. The summed E-state index contributed by atoms with van der Waals surface area (Å²) in [7, 11) is 16.8. The van der Waals surface area contributed by atoms with E-state index >= 15 is 0 Å². The summed E-state index contributed by atoms with van der Waals surface area (Å²) in [5.74, 6) is 0. The molecule has 10 rings (SSSR count). The molecule has 0 atom stereocenters. The first-order chi connectivity index (χ1) is 51.6. The Morgan fingerprint density at radius 1 is 0.167 bits per heavy atom. The highest BCUT2D eigenvalue weighted by molar-refractivity contribution is 5.88. The van der Waals surface area contributed by atoms with Crippen molar-refractivity contribution in [3.8, 4) is 0 Å². The predicted molar refractivity (Wildman–Crippen MR) is 496 cm³/mol. The molecule has 588 valence electrons. The van der Waals surface area contributed by atoms with Crippen molar-refractivity contribution in [3.63, 3.8) is 0 Å². The van der Waals surface area contributed by atoms with Crippen LogP contribution in [-0.4, -0.2) is 66.2 Å². The van der Waals surface area contributed by atoms with Crippen LogP contribution in [0.1, 0.15) is 178 Å². The van der Waals surface area contributed by atoms with E-state index in [-0.39, 0.29) is 14.9 Å². The van der Waals surface area contributed by atoms with E-state index < -0.39 is 0 Å². The molecule has 0 saturated carbocycles. The number of nitrogens with zero attached hydrogens (tertiary/aromatic N) is 8. The van der Waals surface area contributed by atoms with Gasteiger partial charge in [-0.2, -0.15) is 0 Å². The van der Waals surface area contributed by atoms with E-state index in [0.29, 0.717) is 0 Å². The molecule has 0 aliphatic heterocycles. The van der Waals surface area contributed by atoms with Crippen LogP contribution in [-0.2, 0) is 0 Å². The number of rotatable bonds is 18. The Labute approximate surface area is 664 Å². The fourth-order valence-corrected chi connectivity index (χ4v) is 10.5. The van der Waals surface area contributed by atoms with E-state index in [1.165, 1.54) is 79.5 Å². The minimum absolute atomic E-state index is 0. The van der Waals surface area contributed by atoms with E-state index in [1.54, 1.807) is 0 Å². The van der Waals surface area contributed by atoms with Gasteiger partial charge in [-0.25, -0.2) is 0 Å². The first-order valence-corrected chi connectivity index (χ1v) is 38.8. The molecule has 0 saturated heterocycles. The fourth-order valence-electron chi connectivity index (χ4n) is 10.5. The highest BCUT2D eigenvalue weighted by atomic mass is 15.2. The SMILES string of the molecule is C.C.C/C(=C(/C)N(C)c1ccccc1)N(C)c1ccccc1.C/C(=C(/C)N(C)c1ccccc1)N(C)c1ccccc1.C/C(=C(/C)N(c1ccccc1)c1ccccc1)N(c1ccccc1)c1ccccc1.CC.CC.CC.CC.CC.CC.CC.CC.CN(C)/C(=C(\c1ccccc1)N(C)C)c1ccccc1. The molecule has 0 bridgehead atoms. The summed E-state index contributed by atoms with van der Waals surface area (Å²) >= 11 is 0. The van der Waals surface area contributed by atoms with E-state index in [1.807, 2.05) is 135 Å². The summed E-state index contributed by atoms with van der Waals surface area (Å²) in [4.78, 5) is 17.9. The summed E-state index contributed by atoms with van der Waals surface area (Å²) in [6.07, 6.45) is 0. The Bertz CT molecular complexity index is 3370. The number of para-hydroxylation sites is 8. The molecule has 0 N–H and O–H groups in total. The molecule has 10 aromatic rings. The second-order valence-corrected chi connectivity index (χ2v) is 22.3. The van der Waals surface area contributed by atoms with Gasteiger partial charge in [-0.15, -0.1) is 0 Å². The molecule has 0 aromatic heterocycles. The van der Waals surface area contributed by atoms with Crippen LogP contribution >= 0.6 is 0 Å². The van der Waals surface area contributed by atoms with Gasteiger partial charge < -0.3 is 39.2 Å². The Morgan fingerprint density at radius 2 is 0.287 bits per heavy atom. The maximum Gasteiger partial charge on any atom is 0.0678 e. The van der Waals surface area contributed by atoms with Gasteiger partial charge in [-0.05, 0) is 150 Å². The van der Waals surface area contributed by atoms with Crippen molar-refractivity contribution in [2.24, 2.45) is 0 Å². The summed E-state index contributed by atoms with van der Waals surface area (Å²) in [5.41, 5.74) is 21.5. The zero-order valence-electron chi connectivity index (χ0n) is 71.4. The van der Waals surface area contributed by atoms with Crippen LogP contribution in [0.4, 0.5) is 45.5 Å². The van der Waals surface area contributed by atoms with Gasteiger partial charge in [-0.1, -0.05) is 332 Å². The molecular formula is C100H148N8. The molecular weight excluding hydrogens is 1310 g/mol. The lowest BCUT2D eigenvalue weighted by Crippen LogP contribution is -2.23. The van der Waals surface area contributed by atoms with Crippen molar-refractivity contribution in [1.82, 2.24) is 9.80 Å². The second-order valence-electron chi connectivity index (χ2n) is 22.3. The number of allylic oxidation sites excluding steroid dienone is 6. The second kappa shape index (κ2) is 63.8. The smallest absolute Gasteiger partial charge is 0.0678 e. The van der Waals surface area contributed by atoms with Gasteiger partial charge >= 0.3 is 0 Å². The molecule has 10 aromatic carbocycles. The van der Waals surface area contributed by atoms with Gasteiger partial charge in [0.2, 0.25) is 0 Å². The monoisotopic (exact) mass is 1460 g/mol. The Hall–Kier alpha value is -10.4. The number of benzene rings is 10. The average Bonchev–Trinajstić information content (AvgIpc) is 0.800. The highest BCUT2D eigenvalue weighted by Gasteiger charge is 2.20. The molecule has 0 aliphatic rings. The molecule has 108 heavy (non-hydrogen) atoms. The van der Waals surface area contributed by atoms with Gasteiger partial charge in [0.1, 0.15) is 0 Å². The highest BCUT2D eigenvalue weighted by Crippen LogP contribution is 2.37. The summed E-state index contributed by atoms with van der Waals surface area (Å²) in [6.45, 7) is 45.0. The van der Waals surface area contributed by atoms with Crippen LogP contribution < -0.4 is 29.4 Å². The third-order valence-corrected chi connectivity index (χ3v) is 16.1. The molecule has 8 nitrogen and oxygen atoms in total. The van der Waals surface area contributed by atoms with Crippen LogP contribution in [0, 0.1) is 0 Å². The van der Waals surface area contributed by atoms with Crippen LogP contribution in [0.25, 0.3) is 11.4 Å². The first-order valence-electron chi connectivity index (χ1n) is 38.8. The number of anilines is 8. The van der Waals surface area contributed by atoms with Crippen molar-refractivity contribution in [2.75, 3.05) is 85.8 Å². The lowest BCUT2D eigenvalue weighted by atomic mass is 10.0. The van der Waals surface area contributed by atoms with Crippen molar-refractivity contribution >= 4 is 56.9 Å². The lowest BCUT2D eigenvalue weighted by molar-refractivity contribution is 0.552. The number of hydrogen-bond acceptors (Lipinski definition) is 8. The van der Waals surface area contributed by atoms with Crippen molar-refractivity contribution in [3.05, 3.63) is 349 Å². The predicted octanol–water partition coefficient (Wildman–Crippen LogP) is 30.1. The zero-order chi connectivity index (χ0) is 80.4. The van der Waals surface area contributed by atoms with E-state index in [9.17, 15) is 0 Å². The van der Waals surface area contributed by atoms with Crippen LogP contribution in [0.5, 0.6) is 0 Å². The lowest BCUT2D eigenvalue weighted by Gasteiger charge is -2.33. The van der Waals surface area contributed by atoms with Gasteiger partial charge in [0.25, 0.3) is 0 Å². The van der Waals surface area contributed by atoms with Gasteiger partial charge in [0, 0.05) is 136 Å². The molecule has 0 spiro atoms. The summed E-state index contributed by atoms with van der Waals surface area (Å²) in [6, 6.07) is 105. The molecule has 0 aliphatic carbocycles. The fraction of sp³-hybridized carbons (Fsp3) is 0.320. The third-order valence-electron chi connectivity index (χ3n) is 16.1. The maximum atomic E-state index is 2.31. The van der Waals surface area contributed by atoms with Crippen molar-refractivity contribution in [1.29, 1.82) is 0 Å². The minimum Gasteiger partial charge on any atom is -0.375 e. The largest absolute Gasteiger partial charge is 0.375 e. The van der Waals surface area contributed by atoms with Gasteiger partial charge in [-0.3, -0.25) is 0 Å². The van der Waals surface area contributed by atoms with Crippen LogP contribution in [0.3, 0.4) is 0 Å². The summed E-state index contributed by atoms with van der Waals surface area (Å²) in [5, 5.41) is 0. The van der Waals surface area contributed by atoms with Crippen LogP contribution in [0.2, 0.25) is 0 Å². The molecule has 0 unspecified atom stereocenters. The van der Waals surface area contributed by atoms with E-state index in [0.717, 1.165) is 22.7 Å². The van der Waals surface area contributed by atoms with E-state index in [4.69, 9.17) is 0 Å². The Balaban J connectivity index is -0.000000632. The van der Waals surface area contributed by atoms with Crippen molar-refractivity contribution in [2.45, 2.75) is 167 Å². The zero-order valence-corrected chi connectivity index (χ0v) is 71.4. The van der Waals surface area contributed by atoms with E-state index in [2.05, 4.69) is 416 Å². The quantitative estimate of drug-likeness (QED) is 0.0784. The normalized spacial score (nSPS) is 10.2. The third kappa shape index (κ3) is 34.4. The molecule has 0 heterocycles. The minimum atomic E-state index is 0. The standard InChI is InChI=1S/C28H26N2.3C18H22N2.8C2H6.2CH4/c1-23(29(25-15-7-3-8-16-25)26-17-9-4-10-18-26)24(2)30(27-19-11-5-12-20-27)28-21-13-6-14-22-28;1-19(2)17(15-11-7-5-8-12-15)18(20(3)4)16-13-9-6-10-14-16;2*1-15(19(3)17-11-7-5-8-12-17)16(2)20(4)18-13-9-6-10-14-18;8*1-2;;/h3-22H,1-2H3;3*5-14H,1-4H3;8*1-2H3;2*1H4/b24-23+;18-17+;2*16-15+;;;;;;;;;;. The van der Waals surface area contributed by atoms with Gasteiger partial charge in [0.05, 0.1) is 11.4 Å². The topological polar surface area (TPSA) is 25.9 Å². The van der Waals surface area contributed by atoms with Crippen molar-refractivity contribution < 1.29 is 0 Å².